The number of aliphatic carboxylic acids is 1. The van der Waals surface area contributed by atoms with Gasteiger partial charge in [-0.15, -0.1) is 10.2 Å². The van der Waals surface area contributed by atoms with Crippen molar-refractivity contribution in [1.29, 1.82) is 0 Å². The molecular weight excluding hydrogens is 343 g/mol. The molecule has 1 amide bonds. The molecule has 1 aliphatic rings. The maximum Gasteiger partial charge on any atom is 0.442 e. The summed E-state index contributed by atoms with van der Waals surface area (Å²) in [6, 6.07) is 4.87. The molecular formula is C14H10F3N5O3. The average Bonchev–Trinajstić information content (AvgIpc) is 3.25. The number of amides is 1. The number of anilines is 1. The van der Waals surface area contributed by atoms with Crippen LogP contribution in [-0.4, -0.2) is 32.7 Å². The van der Waals surface area contributed by atoms with E-state index in [1.807, 2.05) is 0 Å². The van der Waals surface area contributed by atoms with Crippen LogP contribution in [-0.2, 0) is 17.0 Å². The molecule has 2 heterocycles. The van der Waals surface area contributed by atoms with Crippen molar-refractivity contribution in [2.45, 2.75) is 18.4 Å². The van der Waals surface area contributed by atoms with Crippen LogP contribution in [0.1, 0.15) is 15.9 Å². The van der Waals surface area contributed by atoms with E-state index in [9.17, 15) is 22.8 Å². The Morgan fingerprint density at radius 2 is 2.00 bits per heavy atom. The lowest BCUT2D eigenvalue weighted by molar-refractivity contribution is -0.166. The summed E-state index contributed by atoms with van der Waals surface area (Å²) in [5, 5.41) is 17.2. The number of hydrogen-bond acceptors (Lipinski definition) is 5. The number of rotatable bonds is 5. The predicted molar refractivity (Wildman–Crippen MR) is 76.8 cm³/mol. The number of nitrogens with zero attached hydrogens (tertiary/aromatic N) is 4. The molecule has 0 radical (unpaired) electrons. The molecule has 0 atom stereocenters. The minimum absolute atomic E-state index is 0.0359. The summed E-state index contributed by atoms with van der Waals surface area (Å²) in [7, 11) is 0. The Morgan fingerprint density at radius 3 is 2.60 bits per heavy atom. The Hall–Kier alpha value is -3.24. The van der Waals surface area contributed by atoms with Gasteiger partial charge >= 0.3 is 17.8 Å². The quantitative estimate of drug-likeness (QED) is 0.860. The lowest BCUT2D eigenvalue weighted by Gasteiger charge is -2.15. The van der Waals surface area contributed by atoms with Crippen LogP contribution in [0.4, 0.5) is 19.0 Å². The van der Waals surface area contributed by atoms with Gasteiger partial charge in [-0.05, 0) is 12.1 Å². The van der Waals surface area contributed by atoms with Crippen molar-refractivity contribution >= 4 is 17.7 Å². The first-order valence-corrected chi connectivity index (χ1v) is 6.87. The van der Waals surface area contributed by atoms with Gasteiger partial charge in [-0.3, -0.25) is 9.59 Å². The summed E-state index contributed by atoms with van der Waals surface area (Å²) >= 11 is 0. The van der Waals surface area contributed by atoms with Crippen molar-refractivity contribution in [1.82, 2.24) is 9.55 Å². The molecule has 0 unspecified atom stereocenters. The van der Waals surface area contributed by atoms with E-state index < -0.39 is 23.7 Å². The van der Waals surface area contributed by atoms with E-state index in [1.54, 1.807) is 0 Å². The van der Waals surface area contributed by atoms with Crippen molar-refractivity contribution in [3.63, 3.8) is 0 Å². The maximum atomic E-state index is 13.0. The monoisotopic (exact) mass is 353 g/mol. The number of carboxylic acid groups (broad SMARTS) is 1. The minimum Gasteiger partial charge on any atom is -0.480 e. The second kappa shape index (κ2) is 5.69. The number of halogens is 3. The molecule has 0 fully saturated rings. The summed E-state index contributed by atoms with van der Waals surface area (Å²) in [6.07, 6.45) is -2.18. The third-order valence-corrected chi connectivity index (χ3v) is 3.42. The standard InChI is InChI=1S/C14H10F3N5O3/c15-14(16,17)13(20-21-13)9-3-1-2-8(4-9)12(25)19-10-5-22(7-18-10)6-11(23)24/h1-5,7H,6H2,(H,19,25)(H,23,24). The van der Waals surface area contributed by atoms with E-state index in [0.717, 1.165) is 6.07 Å². The van der Waals surface area contributed by atoms with E-state index in [0.29, 0.717) is 0 Å². The number of carbonyl (C=O) groups is 2. The van der Waals surface area contributed by atoms with Crippen molar-refractivity contribution in [2.24, 2.45) is 10.2 Å². The second-order valence-electron chi connectivity index (χ2n) is 5.23. The zero-order valence-electron chi connectivity index (χ0n) is 12.4. The van der Waals surface area contributed by atoms with Gasteiger partial charge in [0.1, 0.15) is 6.54 Å². The van der Waals surface area contributed by atoms with E-state index >= 15 is 0 Å². The van der Waals surface area contributed by atoms with E-state index in [1.165, 1.54) is 35.3 Å². The number of carboxylic acids is 1. The molecule has 0 saturated carbocycles. The fraction of sp³-hybridized carbons (Fsp3) is 0.214. The van der Waals surface area contributed by atoms with Crippen LogP contribution in [0.5, 0.6) is 0 Å². The first-order chi connectivity index (χ1) is 11.7. The maximum absolute atomic E-state index is 13.0. The summed E-state index contributed by atoms with van der Waals surface area (Å²) in [5.41, 5.74) is -2.90. The summed E-state index contributed by atoms with van der Waals surface area (Å²) in [4.78, 5) is 26.6. The van der Waals surface area contributed by atoms with Crippen LogP contribution in [0.3, 0.4) is 0 Å². The topological polar surface area (TPSA) is 109 Å². The first-order valence-electron chi connectivity index (χ1n) is 6.87. The highest BCUT2D eigenvalue weighted by Crippen LogP contribution is 2.52. The fourth-order valence-electron chi connectivity index (χ4n) is 2.18. The van der Waals surface area contributed by atoms with Crippen LogP contribution in [0, 0.1) is 0 Å². The smallest absolute Gasteiger partial charge is 0.442 e. The molecule has 2 N–H and O–H groups in total. The van der Waals surface area contributed by atoms with Gasteiger partial charge in [-0.25, -0.2) is 4.98 Å². The molecule has 0 aliphatic carbocycles. The first kappa shape index (κ1) is 16.6. The molecule has 2 aromatic rings. The predicted octanol–water partition coefficient (Wildman–Crippen LogP) is 2.40. The van der Waals surface area contributed by atoms with Crippen LogP contribution in [0.15, 0.2) is 47.0 Å². The van der Waals surface area contributed by atoms with Gasteiger partial charge in [-0.1, -0.05) is 12.1 Å². The molecule has 1 aromatic heterocycles. The van der Waals surface area contributed by atoms with Crippen LogP contribution in [0.2, 0.25) is 0 Å². The number of carbonyl (C=O) groups excluding carboxylic acids is 1. The van der Waals surface area contributed by atoms with Gasteiger partial charge in [0.15, 0.2) is 5.82 Å². The molecule has 3 rings (SSSR count). The van der Waals surface area contributed by atoms with Gasteiger partial charge in [-0.2, -0.15) is 13.2 Å². The van der Waals surface area contributed by atoms with Gasteiger partial charge in [0, 0.05) is 17.3 Å². The summed E-state index contributed by atoms with van der Waals surface area (Å²) in [6.45, 7) is -0.338. The van der Waals surface area contributed by atoms with Crippen LogP contribution in [0.25, 0.3) is 0 Å². The van der Waals surface area contributed by atoms with Crippen LogP contribution < -0.4 is 5.32 Å². The summed E-state index contributed by atoms with van der Waals surface area (Å²) in [5.74, 6) is -1.71. The average molecular weight is 353 g/mol. The Morgan fingerprint density at radius 1 is 1.28 bits per heavy atom. The van der Waals surface area contributed by atoms with E-state index in [-0.39, 0.29) is 23.5 Å². The Balaban J connectivity index is 1.76. The molecule has 8 nitrogen and oxygen atoms in total. The SMILES string of the molecule is O=C(O)Cn1cnc(NC(=O)c2cccc(C3(C(F)(F)F)N=N3)c2)c1. The van der Waals surface area contributed by atoms with E-state index in [4.69, 9.17) is 5.11 Å². The Kier molecular flexibility index (Phi) is 3.78. The van der Waals surface area contributed by atoms with Crippen molar-refractivity contribution < 1.29 is 27.9 Å². The third kappa shape index (κ3) is 3.20. The Labute approximate surface area is 138 Å². The molecule has 11 heteroatoms. The second-order valence-corrected chi connectivity index (χ2v) is 5.23. The van der Waals surface area contributed by atoms with Gasteiger partial charge in [0.25, 0.3) is 5.91 Å². The Bertz CT molecular complexity index is 869. The molecule has 1 aliphatic heterocycles. The van der Waals surface area contributed by atoms with Gasteiger partial charge in [0.05, 0.1) is 6.33 Å². The van der Waals surface area contributed by atoms with Crippen molar-refractivity contribution in [3.05, 3.63) is 47.9 Å². The molecule has 0 saturated heterocycles. The normalized spacial score (nSPS) is 15.0. The minimum atomic E-state index is -4.68. The zero-order valence-corrected chi connectivity index (χ0v) is 12.4. The van der Waals surface area contributed by atoms with Crippen molar-refractivity contribution in [3.8, 4) is 0 Å². The van der Waals surface area contributed by atoms with Crippen LogP contribution >= 0.6 is 0 Å². The number of alkyl halides is 3. The highest BCUT2D eigenvalue weighted by Gasteiger charge is 2.65. The number of nitrogens with one attached hydrogen (secondary N) is 1. The third-order valence-electron chi connectivity index (χ3n) is 3.42. The van der Waals surface area contributed by atoms with Gasteiger partial charge < -0.3 is 15.0 Å². The molecule has 1 aromatic carbocycles. The largest absolute Gasteiger partial charge is 0.480 e. The fourth-order valence-corrected chi connectivity index (χ4v) is 2.18. The molecule has 130 valence electrons. The number of benzene rings is 1. The molecule has 25 heavy (non-hydrogen) atoms. The lowest BCUT2D eigenvalue weighted by atomic mass is 10.0. The summed E-state index contributed by atoms with van der Waals surface area (Å²) < 4.78 is 40.3. The van der Waals surface area contributed by atoms with E-state index in [2.05, 4.69) is 20.5 Å². The highest BCUT2D eigenvalue weighted by atomic mass is 19.4. The van der Waals surface area contributed by atoms with Crippen molar-refractivity contribution in [2.75, 3.05) is 5.32 Å². The zero-order chi connectivity index (χ0) is 18.2. The number of imidazole rings is 1. The van der Waals surface area contributed by atoms with Gasteiger partial charge in [0.2, 0.25) is 0 Å². The number of hydrogen-bond donors (Lipinski definition) is 2. The highest BCUT2D eigenvalue weighted by molar-refractivity contribution is 6.03. The molecule has 0 spiro atoms. The molecule has 0 bridgehead atoms. The number of aromatic nitrogens is 2. The lowest BCUT2D eigenvalue weighted by Crippen LogP contribution is -2.30.